The molecule has 0 aliphatic heterocycles. The molecule has 0 aliphatic carbocycles. The molecule has 2 heteroatoms. The predicted octanol–water partition coefficient (Wildman–Crippen LogP) is 4.81. The van der Waals surface area contributed by atoms with Gasteiger partial charge in [-0.2, -0.15) is 24.0 Å². The zero-order chi connectivity index (χ0) is 13.3. The van der Waals surface area contributed by atoms with Crippen LogP contribution in [0.2, 0.25) is 0 Å². The molecule has 0 spiro atoms. The van der Waals surface area contributed by atoms with Gasteiger partial charge in [-0.05, 0) is 40.3 Å². The summed E-state index contributed by atoms with van der Waals surface area (Å²) in [7, 11) is 0. The summed E-state index contributed by atoms with van der Waals surface area (Å²) in [6.45, 7) is 0. The second-order valence-corrected chi connectivity index (χ2v) is 5.14. The Morgan fingerprint density at radius 1 is 0.900 bits per heavy atom. The van der Waals surface area contributed by atoms with Crippen LogP contribution in [0.4, 0.5) is 0 Å². The van der Waals surface area contributed by atoms with Gasteiger partial charge in [0.25, 0.3) is 0 Å². The van der Waals surface area contributed by atoms with Crippen LogP contribution in [0.1, 0.15) is 11.1 Å². The first-order valence-corrected chi connectivity index (χ1v) is 7.08. The first kappa shape index (κ1) is 16.8. The third kappa shape index (κ3) is 6.25. The SMILES string of the molecule is Ic1cccc(C#C[c-]2cccc2)c1.[Fe].[cH-]1[cH-][cH-][cH-][cH-]1. The fourth-order valence-electron chi connectivity index (χ4n) is 1.49. The van der Waals surface area contributed by atoms with Crippen LogP contribution in [-0.4, -0.2) is 0 Å². The number of hydrogen-bond donors (Lipinski definition) is 0. The molecule has 0 N–H and O–H groups in total. The molecule has 0 radical (unpaired) electrons. The summed E-state index contributed by atoms with van der Waals surface area (Å²) in [5.41, 5.74) is 2.14. The van der Waals surface area contributed by atoms with Crippen LogP contribution in [0, 0.1) is 15.4 Å². The van der Waals surface area contributed by atoms with Gasteiger partial charge >= 0.3 is 0 Å². The van der Waals surface area contributed by atoms with Crippen molar-refractivity contribution in [2.75, 3.05) is 0 Å². The topological polar surface area (TPSA) is 0 Å². The smallest absolute Gasteiger partial charge is 0.0134 e. The van der Waals surface area contributed by atoms with Crippen molar-refractivity contribution in [2.45, 2.75) is 0 Å². The molecule has 3 rings (SSSR count). The van der Waals surface area contributed by atoms with Crippen LogP contribution in [-0.2, 0) is 17.1 Å². The van der Waals surface area contributed by atoms with E-state index in [1.54, 1.807) is 0 Å². The van der Waals surface area contributed by atoms with Crippen molar-refractivity contribution in [1.29, 1.82) is 0 Å². The van der Waals surface area contributed by atoms with Gasteiger partial charge in [-0.25, -0.2) is 0 Å². The van der Waals surface area contributed by atoms with Crippen LogP contribution in [0.5, 0.6) is 0 Å². The van der Waals surface area contributed by atoms with Gasteiger partial charge in [0.1, 0.15) is 0 Å². The molecule has 0 saturated heterocycles. The maximum absolute atomic E-state index is 3.13. The molecule has 0 aliphatic rings. The Morgan fingerprint density at radius 2 is 1.50 bits per heavy atom. The molecule has 0 nitrogen and oxygen atoms in total. The third-order valence-electron chi connectivity index (χ3n) is 2.39. The van der Waals surface area contributed by atoms with Crippen LogP contribution >= 0.6 is 22.6 Å². The number of benzene rings is 1. The minimum Gasteiger partial charge on any atom is -0.748 e. The molecule has 0 amide bonds. The summed E-state index contributed by atoms with van der Waals surface area (Å²) in [5, 5.41) is 0. The Labute approximate surface area is 144 Å². The first-order valence-electron chi connectivity index (χ1n) is 6.00. The molecule has 0 atom stereocenters. The van der Waals surface area contributed by atoms with E-state index in [0.717, 1.165) is 11.1 Å². The van der Waals surface area contributed by atoms with Gasteiger partial charge in [-0.1, -0.05) is 17.7 Å². The van der Waals surface area contributed by atoms with E-state index >= 15 is 0 Å². The maximum Gasteiger partial charge on any atom is 0.0134 e. The van der Waals surface area contributed by atoms with Gasteiger partial charge in [-0.15, -0.1) is 12.1 Å². The minimum absolute atomic E-state index is 0. The number of halogens is 1. The van der Waals surface area contributed by atoms with Gasteiger partial charge in [0.2, 0.25) is 0 Å². The summed E-state index contributed by atoms with van der Waals surface area (Å²) in [4.78, 5) is 0. The van der Waals surface area contributed by atoms with E-state index in [1.807, 2.05) is 66.7 Å². The molecule has 3 aromatic rings. The molecule has 0 saturated carbocycles. The molecular weight excluding hydrogens is 399 g/mol. The second-order valence-electron chi connectivity index (χ2n) is 3.90. The quantitative estimate of drug-likeness (QED) is 0.215. The van der Waals surface area contributed by atoms with Gasteiger partial charge in [0.15, 0.2) is 0 Å². The summed E-state index contributed by atoms with van der Waals surface area (Å²) in [5.74, 6) is 6.25. The summed E-state index contributed by atoms with van der Waals surface area (Å²) < 4.78 is 1.22. The molecule has 0 aromatic heterocycles. The maximum atomic E-state index is 3.13. The largest absolute Gasteiger partial charge is 0.748 e. The summed E-state index contributed by atoms with van der Waals surface area (Å²) >= 11 is 2.29. The Balaban J connectivity index is 0.000000283. The Hall–Kier alpha value is -1.27. The first-order chi connectivity index (χ1) is 9.34. The summed E-state index contributed by atoms with van der Waals surface area (Å²) in [6.07, 6.45) is 0. The van der Waals surface area contributed by atoms with E-state index in [9.17, 15) is 0 Å². The van der Waals surface area contributed by atoms with Crippen molar-refractivity contribution in [2.24, 2.45) is 0 Å². The average Bonchev–Trinajstić information content (AvgIpc) is 3.12. The van der Waals surface area contributed by atoms with Crippen LogP contribution in [0.15, 0.2) is 78.9 Å². The van der Waals surface area contributed by atoms with E-state index in [-0.39, 0.29) is 17.1 Å². The normalized spacial score (nSPS) is 8.45. The molecule has 0 heterocycles. The van der Waals surface area contributed by atoms with Gasteiger partial charge < -0.3 is 30.3 Å². The molecular formula is C18H13FeI-6. The number of hydrogen-bond acceptors (Lipinski definition) is 0. The molecule has 20 heavy (non-hydrogen) atoms. The minimum atomic E-state index is 0. The van der Waals surface area contributed by atoms with Gasteiger partial charge in [0, 0.05) is 20.6 Å². The fraction of sp³-hybridized carbons (Fsp3) is 0. The molecule has 0 unspecified atom stereocenters. The summed E-state index contributed by atoms with van der Waals surface area (Å²) in [6, 6.07) is 26.2. The molecule has 0 fully saturated rings. The van der Waals surface area contributed by atoms with Crippen LogP contribution < -0.4 is 0 Å². The van der Waals surface area contributed by atoms with Crippen molar-refractivity contribution in [3.63, 3.8) is 0 Å². The molecule has 3 aromatic carbocycles. The van der Waals surface area contributed by atoms with Gasteiger partial charge in [-0.3, -0.25) is 0 Å². The Bertz CT molecular complexity index is 623. The zero-order valence-corrected chi connectivity index (χ0v) is 14.0. The van der Waals surface area contributed by atoms with E-state index in [2.05, 4.69) is 46.6 Å². The zero-order valence-electron chi connectivity index (χ0n) is 10.7. The van der Waals surface area contributed by atoms with Crippen molar-refractivity contribution in [3.05, 3.63) is 93.6 Å². The van der Waals surface area contributed by atoms with Crippen molar-refractivity contribution < 1.29 is 17.1 Å². The average molecular weight is 412 g/mol. The fourth-order valence-corrected chi connectivity index (χ4v) is 2.03. The predicted molar refractivity (Wildman–Crippen MR) is 89.2 cm³/mol. The number of rotatable bonds is 0. The van der Waals surface area contributed by atoms with E-state index in [0.29, 0.717) is 0 Å². The van der Waals surface area contributed by atoms with Crippen LogP contribution in [0.25, 0.3) is 0 Å². The van der Waals surface area contributed by atoms with Crippen LogP contribution in [0.3, 0.4) is 0 Å². The van der Waals surface area contributed by atoms with E-state index in [1.165, 1.54) is 3.57 Å². The second kappa shape index (κ2) is 9.60. The van der Waals surface area contributed by atoms with Crippen molar-refractivity contribution in [3.8, 4) is 11.8 Å². The van der Waals surface area contributed by atoms with Crippen molar-refractivity contribution in [1.82, 2.24) is 0 Å². The third-order valence-corrected chi connectivity index (χ3v) is 3.07. The van der Waals surface area contributed by atoms with E-state index < -0.39 is 0 Å². The van der Waals surface area contributed by atoms with E-state index in [4.69, 9.17) is 0 Å². The Morgan fingerprint density at radius 3 is 2.05 bits per heavy atom. The Kier molecular flexibility index (Phi) is 8.06. The van der Waals surface area contributed by atoms with Gasteiger partial charge in [0.05, 0.1) is 0 Å². The monoisotopic (exact) mass is 412 g/mol. The molecule has 0 bridgehead atoms. The van der Waals surface area contributed by atoms with Crippen molar-refractivity contribution >= 4 is 22.6 Å². The standard InChI is InChI=1S/C13H8I.C5H5.Fe/c14-13-7-3-6-12(10-13)9-8-11-4-1-2-5-11;1-2-4-5-3-1;/h1-7,10H;1-5H;/q-1;-5;. The molecule has 106 valence electrons.